The van der Waals surface area contributed by atoms with Gasteiger partial charge in [-0.2, -0.15) is 13.2 Å². The maximum absolute atomic E-state index is 12.7. The molecular formula is C16H23F3N2O. The summed E-state index contributed by atoms with van der Waals surface area (Å²) in [7, 11) is 0. The van der Waals surface area contributed by atoms with E-state index in [9.17, 15) is 18.3 Å². The van der Waals surface area contributed by atoms with E-state index in [0.29, 0.717) is 37.9 Å². The Hall–Kier alpha value is -1.11. The highest BCUT2D eigenvalue weighted by atomic mass is 19.4. The van der Waals surface area contributed by atoms with Gasteiger partial charge in [0, 0.05) is 19.6 Å². The second kappa shape index (κ2) is 6.56. The lowest BCUT2D eigenvalue weighted by Gasteiger charge is -2.38. The zero-order valence-electron chi connectivity index (χ0n) is 12.8. The van der Waals surface area contributed by atoms with Crippen molar-refractivity contribution in [2.24, 2.45) is 5.73 Å². The van der Waals surface area contributed by atoms with Gasteiger partial charge in [0.25, 0.3) is 0 Å². The van der Waals surface area contributed by atoms with Crippen LogP contribution in [0.4, 0.5) is 13.2 Å². The van der Waals surface area contributed by atoms with E-state index >= 15 is 0 Å². The van der Waals surface area contributed by atoms with Crippen LogP contribution in [-0.4, -0.2) is 35.2 Å². The summed E-state index contributed by atoms with van der Waals surface area (Å²) in [6, 6.07) is 3.89. The van der Waals surface area contributed by atoms with Crippen molar-refractivity contribution in [2.45, 2.75) is 44.5 Å². The van der Waals surface area contributed by atoms with Gasteiger partial charge in [-0.1, -0.05) is 6.07 Å². The van der Waals surface area contributed by atoms with Gasteiger partial charge in [0.2, 0.25) is 0 Å². The van der Waals surface area contributed by atoms with Crippen molar-refractivity contribution in [3.8, 4) is 0 Å². The fraction of sp³-hybridized carbons (Fsp3) is 0.625. The van der Waals surface area contributed by atoms with E-state index in [0.717, 1.165) is 24.7 Å². The number of piperidine rings is 1. The molecular weight excluding hydrogens is 293 g/mol. The first kappa shape index (κ1) is 17.2. The van der Waals surface area contributed by atoms with E-state index in [2.05, 4.69) is 4.90 Å². The summed E-state index contributed by atoms with van der Waals surface area (Å²) in [5.74, 6) is 0. The molecule has 0 aliphatic carbocycles. The molecule has 0 aromatic heterocycles. The minimum Gasteiger partial charge on any atom is -0.390 e. The number of rotatable bonds is 4. The summed E-state index contributed by atoms with van der Waals surface area (Å²) in [5, 5.41) is 10.3. The average molecular weight is 316 g/mol. The second-order valence-corrected chi connectivity index (χ2v) is 6.18. The molecule has 0 atom stereocenters. The third-order valence-electron chi connectivity index (χ3n) is 4.46. The summed E-state index contributed by atoms with van der Waals surface area (Å²) in [5.41, 5.74) is 5.77. The van der Waals surface area contributed by atoms with Gasteiger partial charge in [0.05, 0.1) is 11.2 Å². The van der Waals surface area contributed by atoms with Gasteiger partial charge in [-0.15, -0.1) is 0 Å². The molecule has 6 heteroatoms. The van der Waals surface area contributed by atoms with E-state index in [1.807, 2.05) is 0 Å². The van der Waals surface area contributed by atoms with Crippen molar-refractivity contribution < 1.29 is 18.3 Å². The van der Waals surface area contributed by atoms with Crippen LogP contribution < -0.4 is 5.73 Å². The van der Waals surface area contributed by atoms with Crippen LogP contribution >= 0.6 is 0 Å². The highest BCUT2D eigenvalue weighted by molar-refractivity contribution is 5.32. The Bertz CT molecular complexity index is 509. The monoisotopic (exact) mass is 316 g/mol. The maximum Gasteiger partial charge on any atom is 0.416 e. The van der Waals surface area contributed by atoms with Gasteiger partial charge in [-0.25, -0.2) is 0 Å². The van der Waals surface area contributed by atoms with Crippen LogP contribution in [0, 0.1) is 6.92 Å². The standard InChI is InChI=1S/C16H23F3N2O/c1-12-10-14(16(17,18)19)3-2-13(12)11-21-8-5-15(22,4-7-20)6-9-21/h2-3,10,22H,4-9,11,20H2,1H3. The Morgan fingerprint density at radius 3 is 2.41 bits per heavy atom. The molecule has 3 nitrogen and oxygen atoms in total. The summed E-state index contributed by atoms with van der Waals surface area (Å²) in [6.07, 6.45) is -2.39. The zero-order valence-corrected chi connectivity index (χ0v) is 12.8. The number of alkyl halides is 3. The molecule has 0 saturated carbocycles. The van der Waals surface area contributed by atoms with Crippen LogP contribution in [0.2, 0.25) is 0 Å². The van der Waals surface area contributed by atoms with Crippen molar-refractivity contribution in [1.82, 2.24) is 4.90 Å². The molecule has 0 radical (unpaired) electrons. The highest BCUT2D eigenvalue weighted by Gasteiger charge is 2.32. The SMILES string of the molecule is Cc1cc(C(F)(F)F)ccc1CN1CCC(O)(CCN)CC1. The number of likely N-dealkylation sites (tertiary alicyclic amines) is 1. The Morgan fingerprint density at radius 1 is 1.27 bits per heavy atom. The number of aliphatic hydroxyl groups is 1. The maximum atomic E-state index is 12.7. The minimum atomic E-state index is -4.30. The van der Waals surface area contributed by atoms with E-state index in [1.54, 1.807) is 13.0 Å². The predicted octanol–water partition coefficient (Wildman–Crippen LogP) is 2.69. The summed E-state index contributed by atoms with van der Waals surface area (Å²) in [4.78, 5) is 2.17. The summed E-state index contributed by atoms with van der Waals surface area (Å²) >= 11 is 0. The van der Waals surface area contributed by atoms with Gasteiger partial charge in [0.15, 0.2) is 0 Å². The molecule has 0 unspecified atom stereocenters. The first-order chi connectivity index (χ1) is 10.2. The van der Waals surface area contributed by atoms with E-state index in [4.69, 9.17) is 5.73 Å². The Balaban J connectivity index is 1.98. The average Bonchev–Trinajstić information content (AvgIpc) is 2.43. The molecule has 1 heterocycles. The lowest BCUT2D eigenvalue weighted by atomic mass is 9.88. The molecule has 1 saturated heterocycles. The van der Waals surface area contributed by atoms with Gasteiger partial charge in [-0.05, 0) is 56.0 Å². The number of nitrogens with two attached hydrogens (primary N) is 1. The Labute approximate surface area is 128 Å². The van der Waals surface area contributed by atoms with Crippen LogP contribution in [-0.2, 0) is 12.7 Å². The van der Waals surface area contributed by atoms with Crippen molar-refractivity contribution in [3.63, 3.8) is 0 Å². The van der Waals surface area contributed by atoms with E-state index in [-0.39, 0.29) is 0 Å². The zero-order chi connectivity index (χ0) is 16.4. The molecule has 2 rings (SSSR count). The molecule has 1 aromatic carbocycles. The van der Waals surface area contributed by atoms with Crippen LogP contribution in [0.5, 0.6) is 0 Å². The predicted molar refractivity (Wildman–Crippen MR) is 79.3 cm³/mol. The molecule has 0 amide bonds. The molecule has 124 valence electrons. The Kier molecular flexibility index (Phi) is 5.14. The number of hydrogen-bond acceptors (Lipinski definition) is 3. The lowest BCUT2D eigenvalue weighted by Crippen LogP contribution is -2.45. The quantitative estimate of drug-likeness (QED) is 0.898. The molecule has 3 N–H and O–H groups in total. The molecule has 1 fully saturated rings. The molecule has 0 bridgehead atoms. The number of nitrogens with zero attached hydrogens (tertiary/aromatic N) is 1. The lowest BCUT2D eigenvalue weighted by molar-refractivity contribution is -0.137. The van der Waals surface area contributed by atoms with E-state index < -0.39 is 17.3 Å². The Morgan fingerprint density at radius 2 is 1.91 bits per heavy atom. The van der Waals surface area contributed by atoms with Crippen molar-refractivity contribution in [1.29, 1.82) is 0 Å². The highest BCUT2D eigenvalue weighted by Crippen LogP contribution is 2.31. The number of hydrogen-bond donors (Lipinski definition) is 2. The molecule has 1 aliphatic heterocycles. The molecule has 0 spiro atoms. The minimum absolute atomic E-state index is 0.467. The summed E-state index contributed by atoms with van der Waals surface area (Å²) < 4.78 is 38.0. The topological polar surface area (TPSA) is 49.5 Å². The summed E-state index contributed by atoms with van der Waals surface area (Å²) in [6.45, 7) is 4.25. The molecule has 1 aromatic rings. The third-order valence-corrected chi connectivity index (χ3v) is 4.46. The van der Waals surface area contributed by atoms with Crippen molar-refractivity contribution in [2.75, 3.05) is 19.6 Å². The normalized spacial score (nSPS) is 19.4. The van der Waals surface area contributed by atoms with Crippen LogP contribution in [0.1, 0.15) is 36.0 Å². The number of halogens is 3. The number of benzene rings is 1. The number of aryl methyl sites for hydroxylation is 1. The second-order valence-electron chi connectivity index (χ2n) is 6.18. The van der Waals surface area contributed by atoms with Gasteiger partial charge < -0.3 is 10.8 Å². The van der Waals surface area contributed by atoms with Gasteiger partial charge >= 0.3 is 6.18 Å². The van der Waals surface area contributed by atoms with Crippen molar-refractivity contribution in [3.05, 3.63) is 34.9 Å². The molecule has 1 aliphatic rings. The third kappa shape index (κ3) is 4.21. The fourth-order valence-electron chi connectivity index (χ4n) is 2.94. The smallest absolute Gasteiger partial charge is 0.390 e. The van der Waals surface area contributed by atoms with Crippen LogP contribution in [0.25, 0.3) is 0 Å². The van der Waals surface area contributed by atoms with Gasteiger partial charge in [0.1, 0.15) is 0 Å². The largest absolute Gasteiger partial charge is 0.416 e. The van der Waals surface area contributed by atoms with E-state index in [1.165, 1.54) is 6.07 Å². The first-order valence-electron chi connectivity index (χ1n) is 7.55. The van der Waals surface area contributed by atoms with Crippen molar-refractivity contribution >= 4 is 0 Å². The first-order valence-corrected chi connectivity index (χ1v) is 7.55. The van der Waals surface area contributed by atoms with Gasteiger partial charge in [-0.3, -0.25) is 4.90 Å². The molecule has 22 heavy (non-hydrogen) atoms. The fourth-order valence-corrected chi connectivity index (χ4v) is 2.94. The van der Waals surface area contributed by atoms with Crippen LogP contribution in [0.15, 0.2) is 18.2 Å². The van der Waals surface area contributed by atoms with Crippen LogP contribution in [0.3, 0.4) is 0 Å².